The Morgan fingerprint density at radius 2 is 1.54 bits per heavy atom. The summed E-state index contributed by atoms with van der Waals surface area (Å²) >= 11 is 0. The summed E-state index contributed by atoms with van der Waals surface area (Å²) in [5.74, 6) is -8.59. The molecular weight excluding hydrogens is 781 g/mol. The fraction of sp³-hybridized carbons (Fsp3) is 0.814. The zero-order valence-electron chi connectivity index (χ0n) is 36.8. The number of ketones is 2. The first-order valence-corrected chi connectivity index (χ1v) is 20.9. The van der Waals surface area contributed by atoms with Crippen LogP contribution in [0.5, 0.6) is 0 Å². The molecule has 3 aliphatic heterocycles. The van der Waals surface area contributed by atoms with Crippen LogP contribution < -0.4 is 31.3 Å². The molecule has 1 aliphatic carbocycles. The predicted molar refractivity (Wildman–Crippen MR) is 209 cm³/mol. The minimum Gasteiger partial charge on any atom is -1.00 e. The summed E-state index contributed by atoms with van der Waals surface area (Å²) in [5.41, 5.74) is 1.19. The van der Waals surface area contributed by atoms with E-state index in [0.717, 1.165) is 4.90 Å². The predicted octanol–water partition coefficient (Wildman–Crippen LogP) is -2.55. The standard InChI is InChI=1S/C43H69NO13.ClH.Li/c1-10-29-18-23(2)37(48)24(3)19-35(54-8)39-36(55-9)20-26(5)43(52,57-39)40(49)41(50)44-16-12-11-13-30(44)42(51)56-38(27(6)32(46)22-33(29)47)25(4)17-28-14-15-31(45)34(21-28)53-7;;/h17-18,24,26-32,34-39,45-46,48,52H,10-16,19-22H2,1-9H3;1H;/q;;+1/p-1/b23-18+,25-17+;;/t24-,26-,27-,28+,29-,30+,31-,32+,34-,35+,36+,37+,38-,39-,43-;;/m1../s1. The van der Waals surface area contributed by atoms with Gasteiger partial charge < -0.3 is 61.4 Å². The number of fused-ring (bicyclic) bond motifs is 3. The van der Waals surface area contributed by atoms with Crippen molar-refractivity contribution in [3.63, 3.8) is 0 Å². The summed E-state index contributed by atoms with van der Waals surface area (Å²) in [6, 6.07) is -1.16. The van der Waals surface area contributed by atoms with Crippen molar-refractivity contribution in [1.82, 2.24) is 4.90 Å². The van der Waals surface area contributed by atoms with E-state index in [4.69, 9.17) is 23.7 Å². The van der Waals surface area contributed by atoms with E-state index in [9.17, 15) is 39.6 Å². The van der Waals surface area contributed by atoms with Gasteiger partial charge in [0.15, 0.2) is 0 Å². The summed E-state index contributed by atoms with van der Waals surface area (Å²) in [5, 5.41) is 45.6. The average Bonchev–Trinajstić information content (AvgIpc) is 3.20. The fourth-order valence-electron chi connectivity index (χ4n) is 9.31. The molecule has 59 heavy (non-hydrogen) atoms. The van der Waals surface area contributed by atoms with Crippen LogP contribution in [0.2, 0.25) is 0 Å². The number of esters is 1. The molecule has 0 aromatic heterocycles. The number of piperidine rings is 1. The topological polar surface area (TPSA) is 199 Å². The molecule has 2 saturated heterocycles. The van der Waals surface area contributed by atoms with Crippen LogP contribution in [-0.2, 0) is 42.9 Å². The molecule has 3 fully saturated rings. The van der Waals surface area contributed by atoms with Gasteiger partial charge in [-0.1, -0.05) is 39.8 Å². The Labute approximate surface area is 368 Å². The number of hydrogen-bond donors (Lipinski definition) is 4. The zero-order chi connectivity index (χ0) is 42.4. The quantitative estimate of drug-likeness (QED) is 0.0945. The Morgan fingerprint density at radius 1 is 0.915 bits per heavy atom. The average molecular weight is 850 g/mol. The monoisotopic (exact) mass is 849 g/mol. The zero-order valence-corrected chi connectivity index (χ0v) is 37.6. The van der Waals surface area contributed by atoms with Crippen molar-refractivity contribution in [2.75, 3.05) is 27.9 Å². The third-order valence-electron chi connectivity index (χ3n) is 13.2. The van der Waals surface area contributed by atoms with Gasteiger partial charge >= 0.3 is 24.8 Å². The van der Waals surface area contributed by atoms with Crippen LogP contribution in [0.4, 0.5) is 0 Å². The number of carbonyl (C=O) groups is 4. The number of halogens is 1. The molecule has 0 spiro atoms. The number of nitrogens with zero attached hydrogens (tertiary/aromatic N) is 1. The molecular formula is C43H69ClLiNO13. The first-order chi connectivity index (χ1) is 26.9. The van der Waals surface area contributed by atoms with E-state index in [1.165, 1.54) is 14.2 Å². The fourth-order valence-corrected chi connectivity index (χ4v) is 9.31. The van der Waals surface area contributed by atoms with Gasteiger partial charge in [-0.15, -0.1) is 0 Å². The SMILES string of the molecule is CC[C@@H]1/C=C(\C)[C@H](O)[C@H](C)C[C@H](OC)[C@H]2O[C@@](O)(C(=O)C(=O)N3CCCC[C@H]3C(=O)O[C@H](/C(C)=C/[C@@H]3CC[C@@H](O)[C@H](OC)C3)[C@H](C)[C@@H](O)CC1=O)[C@H](C)C[C@@H]2OC.[Cl-].[Li+]. The maximum atomic E-state index is 14.3. The van der Waals surface area contributed by atoms with Gasteiger partial charge in [0.1, 0.15) is 24.0 Å². The summed E-state index contributed by atoms with van der Waals surface area (Å²) in [7, 11) is 4.49. The van der Waals surface area contributed by atoms with E-state index in [1.54, 1.807) is 40.9 Å². The molecule has 14 nitrogen and oxygen atoms in total. The van der Waals surface area contributed by atoms with Gasteiger partial charge in [0, 0.05) is 52.0 Å². The molecule has 0 unspecified atom stereocenters. The van der Waals surface area contributed by atoms with Gasteiger partial charge in [-0.25, -0.2) is 4.79 Å². The number of rotatable bonds is 6. The summed E-state index contributed by atoms with van der Waals surface area (Å²) in [6.07, 6.45) is 0.618. The summed E-state index contributed by atoms with van der Waals surface area (Å²) in [6.45, 7) is 10.6. The number of aliphatic hydroxyl groups is 4. The van der Waals surface area contributed by atoms with Crippen LogP contribution in [0.3, 0.4) is 0 Å². The summed E-state index contributed by atoms with van der Waals surface area (Å²) < 4.78 is 29.6. The van der Waals surface area contributed by atoms with Crippen LogP contribution in [0, 0.1) is 29.6 Å². The molecule has 0 radical (unpaired) electrons. The number of ether oxygens (including phenoxy) is 5. The van der Waals surface area contributed by atoms with Crippen LogP contribution >= 0.6 is 0 Å². The van der Waals surface area contributed by atoms with E-state index < -0.39 is 95.9 Å². The Balaban J connectivity index is 0.00000600. The molecule has 15 atom stereocenters. The second-order valence-corrected chi connectivity index (χ2v) is 17.2. The third kappa shape index (κ3) is 12.5. The number of cyclic esters (lactones) is 1. The molecule has 1 saturated carbocycles. The Bertz CT molecular complexity index is 1480. The van der Waals surface area contributed by atoms with Crippen molar-refractivity contribution in [3.05, 3.63) is 23.3 Å². The van der Waals surface area contributed by atoms with Gasteiger partial charge in [-0.2, -0.15) is 0 Å². The van der Waals surface area contributed by atoms with Crippen LogP contribution in [0.15, 0.2) is 23.3 Å². The second-order valence-electron chi connectivity index (χ2n) is 17.2. The first-order valence-electron chi connectivity index (χ1n) is 20.9. The molecule has 4 rings (SSSR count). The van der Waals surface area contributed by atoms with E-state index in [2.05, 4.69) is 0 Å². The molecule has 2 bridgehead atoms. The van der Waals surface area contributed by atoms with E-state index in [1.807, 2.05) is 19.9 Å². The Morgan fingerprint density at radius 3 is 2.15 bits per heavy atom. The number of amides is 1. The van der Waals surface area contributed by atoms with Crippen LogP contribution in [0.25, 0.3) is 0 Å². The maximum Gasteiger partial charge on any atom is 1.00 e. The number of hydrogen-bond acceptors (Lipinski definition) is 13. The summed E-state index contributed by atoms with van der Waals surface area (Å²) in [4.78, 5) is 57.7. The van der Waals surface area contributed by atoms with E-state index >= 15 is 0 Å². The van der Waals surface area contributed by atoms with Crippen LogP contribution in [-0.4, -0.2) is 137 Å². The smallest absolute Gasteiger partial charge is 1.00 e. The number of Topliss-reactive ketones (excluding diaryl/α,β-unsaturated/α-hetero) is 2. The van der Waals surface area contributed by atoms with Gasteiger partial charge in [-0.05, 0) is 94.6 Å². The van der Waals surface area contributed by atoms with Crippen molar-refractivity contribution in [2.24, 2.45) is 29.6 Å². The number of carbonyl (C=O) groups excluding carboxylic acids is 4. The third-order valence-corrected chi connectivity index (χ3v) is 13.2. The molecule has 0 aromatic rings. The van der Waals surface area contributed by atoms with Crippen molar-refractivity contribution >= 4 is 23.4 Å². The van der Waals surface area contributed by atoms with Crippen molar-refractivity contribution in [3.8, 4) is 0 Å². The first kappa shape index (κ1) is 53.5. The number of methoxy groups -OCH3 is 3. The van der Waals surface area contributed by atoms with Gasteiger partial charge in [-0.3, -0.25) is 14.4 Å². The normalized spacial score (nSPS) is 40.9. The second kappa shape index (κ2) is 23.7. The Kier molecular flexibility index (Phi) is 21.5. The largest absolute Gasteiger partial charge is 1.00 e. The maximum absolute atomic E-state index is 14.3. The van der Waals surface area contributed by atoms with E-state index in [-0.39, 0.29) is 81.3 Å². The van der Waals surface area contributed by atoms with Crippen LogP contribution in [0.1, 0.15) is 106 Å². The molecule has 0 aromatic carbocycles. The van der Waals surface area contributed by atoms with Crippen molar-refractivity contribution < 1.29 is 94.6 Å². The number of aliphatic hydroxyl groups excluding tert-OH is 3. The van der Waals surface area contributed by atoms with Gasteiger partial charge in [0.25, 0.3) is 11.7 Å². The minimum atomic E-state index is -2.57. The molecule has 332 valence electrons. The molecule has 1 amide bonds. The molecule has 4 N–H and O–H groups in total. The van der Waals surface area contributed by atoms with Gasteiger partial charge in [0.05, 0.1) is 36.6 Å². The van der Waals surface area contributed by atoms with E-state index in [0.29, 0.717) is 49.7 Å². The molecule has 3 heterocycles. The number of allylic oxidation sites excluding steroid dienone is 2. The molecule has 4 aliphatic rings. The van der Waals surface area contributed by atoms with Crippen molar-refractivity contribution in [2.45, 2.75) is 166 Å². The molecule has 16 heteroatoms. The Hall–Kier alpha value is -1.67. The van der Waals surface area contributed by atoms with Gasteiger partial charge in [0.2, 0.25) is 5.79 Å². The minimum absolute atomic E-state index is 0. The van der Waals surface area contributed by atoms with Crippen molar-refractivity contribution in [1.29, 1.82) is 0 Å².